The zero-order chi connectivity index (χ0) is 28.8. The lowest BCUT2D eigenvalue weighted by Crippen LogP contribution is -2.46. The van der Waals surface area contributed by atoms with E-state index in [1.807, 2.05) is 31.6 Å². The lowest BCUT2D eigenvalue weighted by atomic mass is 9.82. The molecule has 12 heteroatoms. The number of hydrogen-bond acceptors (Lipinski definition) is 8. The van der Waals surface area contributed by atoms with Crippen molar-refractivity contribution in [1.82, 2.24) is 20.0 Å². The van der Waals surface area contributed by atoms with Crippen LogP contribution >= 0.6 is 11.6 Å². The molecule has 3 aliphatic rings. The number of Topliss-reactive ketones (excluding diaryl/α,β-unsaturated/α-hetero) is 2. The third kappa shape index (κ3) is 5.47. The third-order valence-corrected chi connectivity index (χ3v) is 7.86. The normalized spacial score (nSPS) is 21.9. The van der Waals surface area contributed by atoms with Gasteiger partial charge < -0.3 is 15.0 Å². The number of ketones is 2. The van der Waals surface area contributed by atoms with Crippen molar-refractivity contribution < 1.29 is 28.7 Å². The zero-order valence-electron chi connectivity index (χ0n) is 22.7. The second kappa shape index (κ2) is 10.7. The SMILES string of the molecule is CC(C)(C)OC(=O)N1CCC(n2cc(CNc3cccc4c3C(=O)C(C3CCC(=O)NC3=O)C4=O)c(Cl)n2)CC1. The zero-order valence-corrected chi connectivity index (χ0v) is 23.4. The predicted molar refractivity (Wildman–Crippen MR) is 145 cm³/mol. The molecule has 3 amide bonds. The monoisotopic (exact) mass is 569 g/mol. The molecule has 1 aliphatic carbocycles. The summed E-state index contributed by atoms with van der Waals surface area (Å²) in [5.41, 5.74) is 1.16. The molecule has 5 rings (SSSR count). The van der Waals surface area contributed by atoms with E-state index in [0.29, 0.717) is 42.3 Å². The van der Waals surface area contributed by atoms with Crippen LogP contribution in [0.5, 0.6) is 0 Å². The molecule has 0 saturated carbocycles. The summed E-state index contributed by atoms with van der Waals surface area (Å²) in [5.74, 6) is -3.81. The van der Waals surface area contributed by atoms with E-state index < -0.39 is 40.8 Å². The molecule has 212 valence electrons. The fourth-order valence-corrected chi connectivity index (χ4v) is 5.75. The standard InChI is InChI=1S/C28H32ClN5O6/c1-28(2,3)40-27(39)33-11-9-16(10-12-33)34-14-15(25(29)32-34)13-30-19-6-4-5-17-21(19)24(37)22(23(17)36)18-7-8-20(35)31-26(18)38/h4-6,14,16,18,22,30H,7-13H2,1-3H3,(H,31,35,38). The van der Waals surface area contributed by atoms with Crippen molar-refractivity contribution in [1.29, 1.82) is 0 Å². The van der Waals surface area contributed by atoms with Gasteiger partial charge in [-0.25, -0.2) is 4.79 Å². The van der Waals surface area contributed by atoms with Gasteiger partial charge in [-0.2, -0.15) is 5.10 Å². The van der Waals surface area contributed by atoms with E-state index in [2.05, 4.69) is 15.7 Å². The number of benzene rings is 1. The van der Waals surface area contributed by atoms with Crippen LogP contribution in [0.4, 0.5) is 10.5 Å². The van der Waals surface area contributed by atoms with Gasteiger partial charge in [0.25, 0.3) is 0 Å². The number of piperidine rings is 2. The summed E-state index contributed by atoms with van der Waals surface area (Å²) in [7, 11) is 0. The highest BCUT2D eigenvalue weighted by Gasteiger charge is 2.48. The first kappa shape index (κ1) is 27.8. The molecule has 0 radical (unpaired) electrons. The summed E-state index contributed by atoms with van der Waals surface area (Å²) in [6, 6.07) is 5.05. The number of rotatable bonds is 5. The van der Waals surface area contributed by atoms with Crippen molar-refractivity contribution in [3.05, 3.63) is 46.2 Å². The average Bonchev–Trinajstić information content (AvgIpc) is 3.39. The smallest absolute Gasteiger partial charge is 0.410 e. The Labute approximate surface area is 236 Å². The van der Waals surface area contributed by atoms with E-state index >= 15 is 0 Å². The van der Waals surface area contributed by atoms with Gasteiger partial charge >= 0.3 is 6.09 Å². The van der Waals surface area contributed by atoms with Crippen LogP contribution in [0.3, 0.4) is 0 Å². The molecule has 2 aliphatic heterocycles. The van der Waals surface area contributed by atoms with Crippen LogP contribution in [0.2, 0.25) is 5.15 Å². The number of likely N-dealkylation sites (tertiary alicyclic amines) is 1. The molecule has 2 N–H and O–H groups in total. The lowest BCUT2D eigenvalue weighted by molar-refractivity contribution is -0.137. The quantitative estimate of drug-likeness (QED) is 0.410. The lowest BCUT2D eigenvalue weighted by Gasteiger charge is -2.33. The molecule has 2 saturated heterocycles. The first-order valence-corrected chi connectivity index (χ1v) is 13.8. The maximum absolute atomic E-state index is 13.4. The summed E-state index contributed by atoms with van der Waals surface area (Å²) in [6.45, 7) is 6.88. The summed E-state index contributed by atoms with van der Waals surface area (Å²) in [4.78, 5) is 64.6. The Bertz CT molecular complexity index is 1390. The van der Waals surface area contributed by atoms with Gasteiger partial charge in [-0.1, -0.05) is 23.7 Å². The minimum atomic E-state index is -1.14. The van der Waals surface area contributed by atoms with Gasteiger partial charge in [0.2, 0.25) is 11.8 Å². The molecule has 1 aromatic heterocycles. The highest BCUT2D eigenvalue weighted by molar-refractivity contribution is 6.30. The highest BCUT2D eigenvalue weighted by Crippen LogP contribution is 2.38. The number of nitrogens with one attached hydrogen (secondary N) is 2. The molecule has 11 nitrogen and oxygen atoms in total. The van der Waals surface area contributed by atoms with Gasteiger partial charge in [0.1, 0.15) is 5.60 Å². The number of carbonyl (C=O) groups excluding carboxylic acids is 5. The molecular formula is C28H32ClN5O6. The summed E-state index contributed by atoms with van der Waals surface area (Å²) in [6.07, 6.45) is 3.19. The Morgan fingerprint density at radius 1 is 1.12 bits per heavy atom. The van der Waals surface area contributed by atoms with Crippen LogP contribution in [0.1, 0.15) is 78.8 Å². The fourth-order valence-electron chi connectivity index (χ4n) is 5.55. The number of ether oxygens (including phenoxy) is 1. The number of amides is 3. The number of hydrogen-bond donors (Lipinski definition) is 2. The summed E-state index contributed by atoms with van der Waals surface area (Å²) < 4.78 is 7.28. The van der Waals surface area contributed by atoms with Crippen LogP contribution in [0.15, 0.2) is 24.4 Å². The minimum absolute atomic E-state index is 0.0689. The number of aromatic nitrogens is 2. The van der Waals surface area contributed by atoms with Crippen molar-refractivity contribution in [2.45, 2.75) is 64.6 Å². The molecule has 2 unspecified atom stereocenters. The van der Waals surface area contributed by atoms with Crippen molar-refractivity contribution in [3.8, 4) is 0 Å². The second-order valence-electron chi connectivity index (χ2n) is 11.5. The minimum Gasteiger partial charge on any atom is -0.444 e. The van der Waals surface area contributed by atoms with Gasteiger partial charge in [-0.05, 0) is 46.1 Å². The molecule has 0 bridgehead atoms. The molecule has 40 heavy (non-hydrogen) atoms. The fraction of sp³-hybridized carbons (Fsp3) is 0.500. The number of carbonyl (C=O) groups is 5. The molecule has 1 aromatic carbocycles. The molecule has 2 aromatic rings. The number of halogens is 1. The average molecular weight is 570 g/mol. The molecule has 0 spiro atoms. The van der Waals surface area contributed by atoms with E-state index in [9.17, 15) is 24.0 Å². The van der Waals surface area contributed by atoms with Gasteiger partial charge in [-0.15, -0.1) is 0 Å². The van der Waals surface area contributed by atoms with Gasteiger partial charge in [0, 0.05) is 49.1 Å². The van der Waals surface area contributed by atoms with E-state index in [4.69, 9.17) is 16.3 Å². The highest BCUT2D eigenvalue weighted by atomic mass is 35.5. The Balaban J connectivity index is 1.25. The van der Waals surface area contributed by atoms with Gasteiger partial charge in [0.05, 0.1) is 23.4 Å². The van der Waals surface area contributed by atoms with Crippen molar-refractivity contribution in [2.75, 3.05) is 18.4 Å². The largest absolute Gasteiger partial charge is 0.444 e. The van der Waals surface area contributed by atoms with Crippen LogP contribution in [-0.2, 0) is 20.9 Å². The Morgan fingerprint density at radius 2 is 1.85 bits per heavy atom. The molecule has 2 atom stereocenters. The van der Waals surface area contributed by atoms with Crippen LogP contribution in [0, 0.1) is 11.8 Å². The summed E-state index contributed by atoms with van der Waals surface area (Å²) >= 11 is 6.45. The summed E-state index contributed by atoms with van der Waals surface area (Å²) in [5, 5.41) is 10.3. The first-order valence-electron chi connectivity index (χ1n) is 13.4. The maximum Gasteiger partial charge on any atom is 0.410 e. The number of anilines is 1. The van der Waals surface area contributed by atoms with Crippen LogP contribution in [0.25, 0.3) is 0 Å². The van der Waals surface area contributed by atoms with Crippen molar-refractivity contribution >= 4 is 46.8 Å². The number of imide groups is 1. The van der Waals surface area contributed by atoms with Gasteiger partial charge in [0.15, 0.2) is 16.7 Å². The van der Waals surface area contributed by atoms with Crippen molar-refractivity contribution in [3.63, 3.8) is 0 Å². The second-order valence-corrected chi connectivity index (χ2v) is 11.8. The van der Waals surface area contributed by atoms with Crippen LogP contribution < -0.4 is 10.6 Å². The van der Waals surface area contributed by atoms with E-state index in [0.717, 1.165) is 0 Å². The van der Waals surface area contributed by atoms with E-state index in [1.54, 1.807) is 23.1 Å². The van der Waals surface area contributed by atoms with E-state index in [1.165, 1.54) is 0 Å². The number of fused-ring (bicyclic) bond motifs is 1. The first-order chi connectivity index (χ1) is 18.9. The number of nitrogens with zero attached hydrogens (tertiary/aromatic N) is 3. The molecular weight excluding hydrogens is 538 g/mol. The Hall–Kier alpha value is -3.73. The van der Waals surface area contributed by atoms with E-state index in [-0.39, 0.29) is 42.6 Å². The Kier molecular flexibility index (Phi) is 7.43. The maximum atomic E-state index is 13.4. The molecule has 2 fully saturated rings. The van der Waals surface area contributed by atoms with Crippen molar-refractivity contribution in [2.24, 2.45) is 11.8 Å². The Morgan fingerprint density at radius 3 is 2.52 bits per heavy atom. The third-order valence-electron chi connectivity index (χ3n) is 7.54. The molecule has 3 heterocycles. The van der Waals surface area contributed by atoms with Gasteiger partial charge in [-0.3, -0.25) is 29.2 Å². The topological polar surface area (TPSA) is 140 Å². The van der Waals surface area contributed by atoms with Crippen LogP contribution in [-0.4, -0.2) is 62.8 Å². The predicted octanol–water partition coefficient (Wildman–Crippen LogP) is 3.77.